The lowest BCUT2D eigenvalue weighted by Crippen LogP contribution is -3.00. The van der Waals surface area contributed by atoms with Gasteiger partial charge in [0.15, 0.2) is 5.82 Å². The van der Waals surface area contributed by atoms with Crippen molar-refractivity contribution in [2.24, 2.45) is 0 Å². The number of rotatable bonds is 5. The zero-order valence-corrected chi connectivity index (χ0v) is 17.8. The molecule has 162 valence electrons. The molecule has 0 radical (unpaired) electrons. The second kappa shape index (κ2) is 7.85. The predicted octanol–water partition coefficient (Wildman–Crippen LogP) is -0.979. The Kier molecular flexibility index (Phi) is 5.53. The Labute approximate surface area is 180 Å². The van der Waals surface area contributed by atoms with Crippen LogP contribution in [0.1, 0.15) is 65.9 Å². The van der Waals surface area contributed by atoms with E-state index < -0.39 is 17.3 Å². The standard InChI is InChI=1S/C22H26FN3O3.ClH/c1-12-19-16(13-4-5-13)9-17(22(28)29)21(27)26(19)11-18(23)20(12)25-8-2-3-15(10-25)24-14-6-7-14;/h9,11,13-15,24H,2-8,10H2,1H3,(H,28,29);1H/t15-;/m0./s1. The number of hydrogen-bond acceptors (Lipinski definition) is 3. The molecule has 2 aromatic rings. The molecule has 6 nitrogen and oxygen atoms in total. The first-order chi connectivity index (χ1) is 13.9. The predicted molar refractivity (Wildman–Crippen MR) is 107 cm³/mol. The summed E-state index contributed by atoms with van der Waals surface area (Å²) in [6.45, 7) is 3.48. The number of piperidine rings is 1. The van der Waals surface area contributed by atoms with E-state index in [4.69, 9.17) is 0 Å². The van der Waals surface area contributed by atoms with Crippen molar-refractivity contribution in [3.8, 4) is 0 Å². The highest BCUT2D eigenvalue weighted by molar-refractivity contribution is 5.89. The monoisotopic (exact) mass is 435 g/mol. The summed E-state index contributed by atoms with van der Waals surface area (Å²) >= 11 is 0. The molecule has 1 atom stereocenters. The summed E-state index contributed by atoms with van der Waals surface area (Å²) in [7, 11) is 0. The van der Waals surface area contributed by atoms with Crippen molar-refractivity contribution in [2.75, 3.05) is 18.0 Å². The van der Waals surface area contributed by atoms with Crippen LogP contribution in [0.2, 0.25) is 0 Å². The Morgan fingerprint density at radius 3 is 2.57 bits per heavy atom. The summed E-state index contributed by atoms with van der Waals surface area (Å²) < 4.78 is 16.5. The SMILES string of the molecule is Cc1c(N2CCC[C@H]([NH2+]C3CC3)C2)c(F)cn2c(=O)c(C(=O)O)cc(C3CC3)c12.[Cl-]. The van der Waals surface area contributed by atoms with Gasteiger partial charge in [0.25, 0.3) is 5.56 Å². The molecule has 8 heteroatoms. The van der Waals surface area contributed by atoms with Gasteiger partial charge in [0.1, 0.15) is 11.6 Å². The molecule has 1 aliphatic heterocycles. The molecule has 2 saturated carbocycles. The second-order valence-corrected chi connectivity index (χ2v) is 8.95. The molecule has 3 fully saturated rings. The van der Waals surface area contributed by atoms with Crippen LogP contribution in [0.4, 0.5) is 10.1 Å². The van der Waals surface area contributed by atoms with E-state index >= 15 is 4.39 Å². The largest absolute Gasteiger partial charge is 1.00 e. The van der Waals surface area contributed by atoms with Gasteiger partial charge in [-0.3, -0.25) is 9.20 Å². The fourth-order valence-electron chi connectivity index (χ4n) is 4.93. The van der Waals surface area contributed by atoms with Gasteiger partial charge in [-0.05, 0) is 49.3 Å². The van der Waals surface area contributed by atoms with Crippen molar-refractivity contribution < 1.29 is 32.0 Å². The number of halogens is 2. The van der Waals surface area contributed by atoms with E-state index in [1.807, 2.05) is 6.92 Å². The molecule has 3 aliphatic rings. The van der Waals surface area contributed by atoms with Gasteiger partial charge in [-0.25, -0.2) is 9.18 Å². The molecule has 2 aliphatic carbocycles. The molecular formula is C22H27ClFN3O3. The molecular weight excluding hydrogens is 409 g/mol. The van der Waals surface area contributed by atoms with Crippen LogP contribution >= 0.6 is 0 Å². The minimum absolute atomic E-state index is 0. The van der Waals surface area contributed by atoms with E-state index in [1.54, 1.807) is 0 Å². The highest BCUT2D eigenvalue weighted by atomic mass is 35.5. The number of carboxylic acid groups (broad SMARTS) is 1. The molecule has 0 aromatic carbocycles. The average Bonchev–Trinajstić information content (AvgIpc) is 3.57. The highest BCUT2D eigenvalue weighted by Gasteiger charge is 2.34. The van der Waals surface area contributed by atoms with Crippen LogP contribution in [0.25, 0.3) is 5.52 Å². The summed E-state index contributed by atoms with van der Waals surface area (Å²) in [6, 6.07) is 2.73. The fraction of sp³-hybridized carbons (Fsp3) is 0.545. The lowest BCUT2D eigenvalue weighted by molar-refractivity contribution is -0.701. The minimum Gasteiger partial charge on any atom is -1.00 e. The number of fused-ring (bicyclic) bond motifs is 1. The number of nitrogens with zero attached hydrogens (tertiary/aromatic N) is 2. The maximum atomic E-state index is 15.3. The number of quaternary nitrogens is 1. The Hall–Kier alpha value is -2.12. The van der Waals surface area contributed by atoms with Crippen molar-refractivity contribution in [1.29, 1.82) is 0 Å². The van der Waals surface area contributed by atoms with E-state index in [0.717, 1.165) is 55.9 Å². The van der Waals surface area contributed by atoms with Crippen LogP contribution in [0, 0.1) is 12.7 Å². The number of aryl methyl sites for hydroxylation is 1. The molecule has 3 N–H and O–H groups in total. The molecule has 0 unspecified atom stereocenters. The second-order valence-electron chi connectivity index (χ2n) is 8.95. The molecule has 5 rings (SSSR count). The van der Waals surface area contributed by atoms with Gasteiger partial charge in [-0.15, -0.1) is 0 Å². The number of aromatic nitrogens is 1. The zero-order valence-electron chi connectivity index (χ0n) is 17.0. The lowest BCUT2D eigenvalue weighted by atomic mass is 10.00. The summed E-state index contributed by atoms with van der Waals surface area (Å²) in [6.07, 6.45) is 7.88. The summed E-state index contributed by atoms with van der Waals surface area (Å²) in [4.78, 5) is 26.4. The van der Waals surface area contributed by atoms with Crippen LogP contribution in [0.3, 0.4) is 0 Å². The van der Waals surface area contributed by atoms with Crippen LogP contribution in [0.5, 0.6) is 0 Å². The number of hydrogen-bond donors (Lipinski definition) is 2. The van der Waals surface area contributed by atoms with Crippen LogP contribution in [-0.2, 0) is 0 Å². The normalized spacial score (nSPS) is 21.5. The van der Waals surface area contributed by atoms with Gasteiger partial charge in [0.05, 0.1) is 30.0 Å². The topological polar surface area (TPSA) is 78.6 Å². The van der Waals surface area contributed by atoms with Crippen molar-refractivity contribution in [3.05, 3.63) is 45.1 Å². The van der Waals surface area contributed by atoms with Crippen molar-refractivity contribution in [2.45, 2.75) is 63.5 Å². The summed E-state index contributed by atoms with van der Waals surface area (Å²) in [5.74, 6) is -1.46. The number of carbonyl (C=O) groups is 1. The van der Waals surface area contributed by atoms with Gasteiger partial charge in [-0.2, -0.15) is 0 Å². The molecule has 2 aromatic heterocycles. The van der Waals surface area contributed by atoms with Crippen molar-refractivity contribution >= 4 is 17.2 Å². The third-order valence-electron chi connectivity index (χ3n) is 6.63. The third-order valence-corrected chi connectivity index (χ3v) is 6.63. The third kappa shape index (κ3) is 3.69. The zero-order chi connectivity index (χ0) is 20.3. The number of nitrogens with two attached hydrogens (primary N) is 1. The average molecular weight is 436 g/mol. The Morgan fingerprint density at radius 2 is 1.93 bits per heavy atom. The molecule has 3 heterocycles. The maximum absolute atomic E-state index is 15.3. The first-order valence-electron chi connectivity index (χ1n) is 10.7. The molecule has 1 saturated heterocycles. The molecule has 0 spiro atoms. The Balaban J connectivity index is 0.00000218. The van der Waals surface area contributed by atoms with Gasteiger partial charge < -0.3 is 27.7 Å². The highest BCUT2D eigenvalue weighted by Crippen LogP contribution is 2.44. The van der Waals surface area contributed by atoms with Crippen molar-refractivity contribution in [3.63, 3.8) is 0 Å². The number of carboxylic acids is 1. The fourth-order valence-corrected chi connectivity index (χ4v) is 4.93. The Morgan fingerprint density at radius 1 is 1.20 bits per heavy atom. The van der Waals surface area contributed by atoms with Crippen LogP contribution in [0.15, 0.2) is 17.1 Å². The molecule has 0 bridgehead atoms. The van der Waals surface area contributed by atoms with Gasteiger partial charge in [0.2, 0.25) is 0 Å². The van der Waals surface area contributed by atoms with E-state index in [9.17, 15) is 14.7 Å². The smallest absolute Gasteiger partial charge is 0.341 e. The number of anilines is 1. The number of pyridine rings is 2. The lowest BCUT2D eigenvalue weighted by Gasteiger charge is -2.34. The summed E-state index contributed by atoms with van der Waals surface area (Å²) in [5.41, 5.74) is 1.92. The quantitative estimate of drug-likeness (QED) is 0.633. The van der Waals surface area contributed by atoms with Gasteiger partial charge in [0, 0.05) is 25.8 Å². The van der Waals surface area contributed by atoms with E-state index in [1.165, 1.54) is 29.5 Å². The van der Waals surface area contributed by atoms with Crippen LogP contribution in [-0.4, -0.2) is 40.6 Å². The molecule has 0 amide bonds. The van der Waals surface area contributed by atoms with Gasteiger partial charge >= 0.3 is 5.97 Å². The van der Waals surface area contributed by atoms with Gasteiger partial charge in [-0.1, -0.05) is 0 Å². The first kappa shape index (κ1) is 21.1. The van der Waals surface area contributed by atoms with Crippen molar-refractivity contribution in [1.82, 2.24) is 4.40 Å². The summed E-state index contributed by atoms with van der Waals surface area (Å²) in [5, 5.41) is 11.9. The Bertz CT molecular complexity index is 1060. The van der Waals surface area contributed by atoms with E-state index in [0.29, 0.717) is 17.2 Å². The van der Waals surface area contributed by atoms with E-state index in [2.05, 4.69) is 10.2 Å². The maximum Gasteiger partial charge on any atom is 0.341 e. The van der Waals surface area contributed by atoms with E-state index in [-0.39, 0.29) is 23.9 Å². The number of aromatic carboxylic acids is 1. The molecule has 30 heavy (non-hydrogen) atoms. The first-order valence-corrected chi connectivity index (χ1v) is 10.7. The van der Waals surface area contributed by atoms with Crippen LogP contribution < -0.4 is 28.2 Å². The minimum atomic E-state index is -1.26.